The third-order valence-corrected chi connectivity index (χ3v) is 4.91. The first-order valence-corrected chi connectivity index (χ1v) is 9.56. The number of nitrogens with one attached hydrogen (secondary N) is 2. The molecular weight excluding hydrogens is 300 g/mol. The van der Waals surface area contributed by atoms with Crippen LogP contribution in [-0.2, 0) is 6.54 Å². The van der Waals surface area contributed by atoms with Gasteiger partial charge in [0.2, 0.25) is 5.89 Å². The van der Waals surface area contributed by atoms with E-state index in [1.54, 1.807) is 0 Å². The van der Waals surface area contributed by atoms with Crippen molar-refractivity contribution in [3.63, 3.8) is 0 Å². The quantitative estimate of drug-likeness (QED) is 0.582. The molecule has 0 bridgehead atoms. The van der Waals surface area contributed by atoms with Gasteiger partial charge < -0.3 is 15.1 Å². The Hall–Kier alpha value is -1.52. The van der Waals surface area contributed by atoms with E-state index in [9.17, 15) is 0 Å². The highest BCUT2D eigenvalue weighted by Gasteiger charge is 2.15. The molecule has 0 radical (unpaired) electrons. The molecule has 2 N–H and O–H groups in total. The molecule has 5 heteroatoms. The molecule has 24 heavy (non-hydrogen) atoms. The number of hydrogen-bond acceptors (Lipinski definition) is 3. The molecule has 1 unspecified atom stereocenters. The van der Waals surface area contributed by atoms with Crippen LogP contribution in [0.4, 0.5) is 0 Å². The second-order valence-electron chi connectivity index (χ2n) is 7.07. The molecule has 1 saturated carbocycles. The molecule has 0 amide bonds. The molecule has 0 saturated heterocycles. The van der Waals surface area contributed by atoms with Crippen molar-refractivity contribution in [2.45, 2.75) is 85.2 Å². The van der Waals surface area contributed by atoms with Gasteiger partial charge in [-0.25, -0.2) is 9.98 Å². The van der Waals surface area contributed by atoms with Crippen molar-refractivity contribution in [3.8, 4) is 0 Å². The highest BCUT2D eigenvalue weighted by molar-refractivity contribution is 5.79. The molecule has 136 valence electrons. The predicted molar refractivity (Wildman–Crippen MR) is 99.2 cm³/mol. The number of aromatic nitrogens is 1. The van der Waals surface area contributed by atoms with Crippen LogP contribution in [-0.4, -0.2) is 23.5 Å². The Morgan fingerprint density at radius 1 is 1.29 bits per heavy atom. The van der Waals surface area contributed by atoms with E-state index in [4.69, 9.17) is 4.42 Å². The average molecular weight is 335 g/mol. The number of rotatable bonds is 7. The summed E-state index contributed by atoms with van der Waals surface area (Å²) in [7, 11) is 0. The fraction of sp³-hybridized carbons (Fsp3) is 0.789. The van der Waals surface area contributed by atoms with Crippen LogP contribution in [0.5, 0.6) is 0 Å². The van der Waals surface area contributed by atoms with Gasteiger partial charge in [-0.15, -0.1) is 0 Å². The van der Waals surface area contributed by atoms with Crippen molar-refractivity contribution >= 4 is 5.96 Å². The second-order valence-corrected chi connectivity index (χ2v) is 7.07. The molecule has 1 heterocycles. The minimum absolute atomic E-state index is 0.428. The number of oxazole rings is 1. The average Bonchev–Trinajstić information content (AvgIpc) is 2.90. The molecule has 1 aromatic heterocycles. The van der Waals surface area contributed by atoms with Gasteiger partial charge in [-0.05, 0) is 46.5 Å². The van der Waals surface area contributed by atoms with Gasteiger partial charge >= 0.3 is 0 Å². The minimum atomic E-state index is 0.428. The van der Waals surface area contributed by atoms with Crippen molar-refractivity contribution in [1.29, 1.82) is 0 Å². The lowest BCUT2D eigenvalue weighted by Gasteiger charge is -2.24. The van der Waals surface area contributed by atoms with Crippen LogP contribution in [0.25, 0.3) is 0 Å². The van der Waals surface area contributed by atoms with Crippen molar-refractivity contribution in [2.24, 2.45) is 10.9 Å². The SMILES string of the molecule is CCNC(=NCc1nc(C)c(C)o1)NC(C)CCC1CCCCC1. The van der Waals surface area contributed by atoms with E-state index in [1.807, 2.05) is 13.8 Å². The zero-order chi connectivity index (χ0) is 17.4. The predicted octanol–water partition coefficient (Wildman–Crippen LogP) is 4.10. The van der Waals surface area contributed by atoms with Gasteiger partial charge in [-0.3, -0.25) is 0 Å². The van der Waals surface area contributed by atoms with Crippen LogP contribution in [0.1, 0.15) is 76.1 Å². The van der Waals surface area contributed by atoms with Gasteiger partial charge in [0.25, 0.3) is 0 Å². The van der Waals surface area contributed by atoms with Crippen molar-refractivity contribution < 1.29 is 4.42 Å². The number of guanidine groups is 1. The van der Waals surface area contributed by atoms with Gasteiger partial charge in [0.05, 0.1) is 5.69 Å². The van der Waals surface area contributed by atoms with Gasteiger partial charge in [0.15, 0.2) is 5.96 Å². The van der Waals surface area contributed by atoms with E-state index in [2.05, 4.69) is 34.5 Å². The number of aliphatic imine (C=N–C) groups is 1. The summed E-state index contributed by atoms with van der Waals surface area (Å²) in [6.07, 6.45) is 9.64. The first kappa shape index (κ1) is 18.8. The third kappa shape index (κ3) is 6.17. The van der Waals surface area contributed by atoms with Crippen LogP contribution >= 0.6 is 0 Å². The fourth-order valence-corrected chi connectivity index (χ4v) is 3.34. The van der Waals surface area contributed by atoms with Crippen LogP contribution in [0.2, 0.25) is 0 Å². The maximum absolute atomic E-state index is 5.60. The molecule has 1 aliphatic rings. The molecule has 2 rings (SSSR count). The molecule has 0 aromatic carbocycles. The Morgan fingerprint density at radius 2 is 2.04 bits per heavy atom. The zero-order valence-electron chi connectivity index (χ0n) is 15.8. The van der Waals surface area contributed by atoms with E-state index in [0.717, 1.165) is 29.9 Å². The lowest BCUT2D eigenvalue weighted by molar-refractivity contribution is 0.322. The van der Waals surface area contributed by atoms with Crippen LogP contribution < -0.4 is 10.6 Å². The molecule has 0 spiro atoms. The maximum Gasteiger partial charge on any atom is 0.216 e. The molecule has 5 nitrogen and oxygen atoms in total. The number of aryl methyl sites for hydroxylation is 2. The molecule has 1 fully saturated rings. The second kappa shape index (κ2) is 9.70. The summed E-state index contributed by atoms with van der Waals surface area (Å²) in [5.74, 6) is 3.33. The Balaban J connectivity index is 1.81. The Bertz CT molecular complexity index is 498. The highest BCUT2D eigenvalue weighted by atomic mass is 16.4. The smallest absolute Gasteiger partial charge is 0.216 e. The van der Waals surface area contributed by atoms with Gasteiger partial charge in [0.1, 0.15) is 12.3 Å². The monoisotopic (exact) mass is 334 g/mol. The largest absolute Gasteiger partial charge is 0.444 e. The summed E-state index contributed by atoms with van der Waals surface area (Å²) < 4.78 is 5.60. The standard InChI is InChI=1S/C19H34N4O/c1-5-20-19(21-13-18-23-15(3)16(4)24-18)22-14(2)11-12-17-9-7-6-8-10-17/h14,17H,5-13H2,1-4H3,(H2,20,21,22). The summed E-state index contributed by atoms with van der Waals surface area (Å²) >= 11 is 0. The van der Waals surface area contributed by atoms with Gasteiger partial charge in [0, 0.05) is 12.6 Å². The summed E-state index contributed by atoms with van der Waals surface area (Å²) in [4.78, 5) is 9.00. The first-order valence-electron chi connectivity index (χ1n) is 9.56. The summed E-state index contributed by atoms with van der Waals surface area (Å²) in [5, 5.41) is 6.83. The third-order valence-electron chi connectivity index (χ3n) is 4.91. The van der Waals surface area contributed by atoms with E-state index in [-0.39, 0.29) is 0 Å². The lowest BCUT2D eigenvalue weighted by atomic mass is 9.85. The number of nitrogens with zero attached hydrogens (tertiary/aromatic N) is 2. The van der Waals surface area contributed by atoms with E-state index in [1.165, 1.54) is 44.9 Å². The topological polar surface area (TPSA) is 62.5 Å². The van der Waals surface area contributed by atoms with Crippen molar-refractivity contribution in [2.75, 3.05) is 6.54 Å². The van der Waals surface area contributed by atoms with E-state index < -0.39 is 0 Å². The van der Waals surface area contributed by atoms with Crippen LogP contribution in [0.3, 0.4) is 0 Å². The Morgan fingerprint density at radius 3 is 2.67 bits per heavy atom. The van der Waals surface area contributed by atoms with Crippen LogP contribution in [0.15, 0.2) is 9.41 Å². The van der Waals surface area contributed by atoms with Gasteiger partial charge in [-0.2, -0.15) is 0 Å². The first-order chi connectivity index (χ1) is 11.6. The van der Waals surface area contributed by atoms with Gasteiger partial charge in [-0.1, -0.05) is 32.1 Å². The number of hydrogen-bond donors (Lipinski definition) is 2. The minimum Gasteiger partial charge on any atom is -0.444 e. The lowest BCUT2D eigenvalue weighted by Crippen LogP contribution is -2.42. The molecule has 0 aliphatic heterocycles. The summed E-state index contributed by atoms with van der Waals surface area (Å²) in [6, 6.07) is 0.428. The zero-order valence-corrected chi connectivity index (χ0v) is 15.8. The van der Waals surface area contributed by atoms with E-state index in [0.29, 0.717) is 18.5 Å². The normalized spacial score (nSPS) is 17.8. The molecule has 1 atom stereocenters. The highest BCUT2D eigenvalue weighted by Crippen LogP contribution is 2.27. The summed E-state index contributed by atoms with van der Waals surface area (Å²) in [5.41, 5.74) is 0.944. The van der Waals surface area contributed by atoms with Crippen molar-refractivity contribution in [3.05, 3.63) is 17.3 Å². The molecular formula is C19H34N4O. The Labute approximate surface area is 146 Å². The molecule has 1 aromatic rings. The fourth-order valence-electron chi connectivity index (χ4n) is 3.34. The Kier molecular flexibility index (Phi) is 7.60. The van der Waals surface area contributed by atoms with Crippen molar-refractivity contribution in [1.82, 2.24) is 15.6 Å². The van der Waals surface area contributed by atoms with E-state index >= 15 is 0 Å². The molecule has 1 aliphatic carbocycles. The summed E-state index contributed by atoms with van der Waals surface area (Å²) in [6.45, 7) is 9.55. The maximum atomic E-state index is 5.60. The van der Waals surface area contributed by atoms with Crippen LogP contribution in [0, 0.1) is 19.8 Å².